The summed E-state index contributed by atoms with van der Waals surface area (Å²) in [5, 5.41) is 0. The van der Waals surface area contributed by atoms with Crippen LogP contribution >= 0.6 is 0 Å². The monoisotopic (exact) mass is 246 g/mol. The molecule has 0 saturated heterocycles. The molecule has 0 spiro atoms. The average Bonchev–Trinajstić information content (AvgIpc) is 3.08. The second-order valence-corrected chi connectivity index (χ2v) is 5.27. The Morgan fingerprint density at radius 1 is 1.00 bits per heavy atom. The quantitative estimate of drug-likeness (QED) is 0.682. The second kappa shape index (κ2) is 4.89. The normalized spacial score (nSPS) is 20.7. The Hall–Kier alpha value is -2.08. The van der Waals surface area contributed by atoms with E-state index in [0.717, 1.165) is 0 Å². The van der Waals surface area contributed by atoms with Gasteiger partial charge in [0.25, 0.3) is 0 Å². The standard InChI is InChI=1S/C19H18/c1-14(2)18-9-6-10-19(18)17-12-11-16(13-17)15-7-4-3-5-8-15/h3-13,17H,1-2H3. The number of hydrogen-bond donors (Lipinski definition) is 0. The van der Waals surface area contributed by atoms with Crippen LogP contribution < -0.4 is 0 Å². The first-order chi connectivity index (χ1) is 9.25. The van der Waals surface area contributed by atoms with Gasteiger partial charge >= 0.3 is 0 Å². The molecule has 0 N–H and O–H groups in total. The average molecular weight is 246 g/mol. The van der Waals surface area contributed by atoms with Gasteiger partial charge in [0.15, 0.2) is 0 Å². The summed E-state index contributed by atoms with van der Waals surface area (Å²) in [6, 6.07) is 10.6. The van der Waals surface area contributed by atoms with Crippen molar-refractivity contribution in [3.8, 4) is 0 Å². The predicted molar refractivity (Wildman–Crippen MR) is 82.6 cm³/mol. The fraction of sp³-hybridized carbons (Fsp3) is 0.158. The molecule has 3 rings (SSSR count). The van der Waals surface area contributed by atoms with Crippen molar-refractivity contribution in [1.82, 2.24) is 0 Å². The maximum absolute atomic E-state index is 2.36. The lowest BCUT2D eigenvalue weighted by atomic mass is 9.93. The molecule has 0 bridgehead atoms. The van der Waals surface area contributed by atoms with Gasteiger partial charge in [-0.15, -0.1) is 0 Å². The molecule has 0 saturated carbocycles. The molecular weight excluding hydrogens is 228 g/mol. The van der Waals surface area contributed by atoms with Crippen molar-refractivity contribution in [3.05, 3.63) is 89.1 Å². The van der Waals surface area contributed by atoms with E-state index in [1.807, 2.05) is 0 Å². The van der Waals surface area contributed by atoms with Crippen LogP contribution in [0, 0.1) is 5.92 Å². The van der Waals surface area contributed by atoms with Gasteiger partial charge in [-0.25, -0.2) is 0 Å². The summed E-state index contributed by atoms with van der Waals surface area (Å²) in [7, 11) is 0. The van der Waals surface area contributed by atoms with E-state index in [0.29, 0.717) is 5.92 Å². The van der Waals surface area contributed by atoms with E-state index < -0.39 is 0 Å². The van der Waals surface area contributed by atoms with Gasteiger partial charge in [-0.3, -0.25) is 0 Å². The summed E-state index contributed by atoms with van der Waals surface area (Å²) >= 11 is 0. The minimum absolute atomic E-state index is 0.412. The van der Waals surface area contributed by atoms with Gasteiger partial charge in [-0.1, -0.05) is 72.4 Å². The lowest BCUT2D eigenvalue weighted by Gasteiger charge is -2.11. The van der Waals surface area contributed by atoms with Gasteiger partial charge in [0.1, 0.15) is 0 Å². The minimum atomic E-state index is 0.412. The summed E-state index contributed by atoms with van der Waals surface area (Å²) in [4.78, 5) is 0. The molecule has 0 amide bonds. The van der Waals surface area contributed by atoms with E-state index in [2.05, 4.69) is 80.6 Å². The molecule has 1 aromatic carbocycles. The Bertz CT molecular complexity index is 630. The third-order valence-electron chi connectivity index (χ3n) is 3.70. The first-order valence-electron chi connectivity index (χ1n) is 6.77. The van der Waals surface area contributed by atoms with Gasteiger partial charge in [-0.2, -0.15) is 0 Å². The molecule has 0 aliphatic heterocycles. The highest BCUT2D eigenvalue weighted by Gasteiger charge is 2.19. The summed E-state index contributed by atoms with van der Waals surface area (Å²) in [6.07, 6.45) is 13.5. The largest absolute Gasteiger partial charge is 0.0726 e. The Morgan fingerprint density at radius 2 is 1.79 bits per heavy atom. The molecule has 19 heavy (non-hydrogen) atoms. The summed E-state index contributed by atoms with van der Waals surface area (Å²) < 4.78 is 0. The van der Waals surface area contributed by atoms with Crippen LogP contribution in [-0.4, -0.2) is 0 Å². The topological polar surface area (TPSA) is 0 Å². The number of hydrogen-bond acceptors (Lipinski definition) is 0. The number of allylic oxidation sites excluding steroid dienone is 10. The van der Waals surface area contributed by atoms with Gasteiger partial charge in [0, 0.05) is 5.92 Å². The zero-order chi connectivity index (χ0) is 13.2. The SMILES string of the molecule is CC(C)=C1C=CC=C1C1C=CC(c2ccccc2)=C1. The Kier molecular flexibility index (Phi) is 3.08. The molecule has 1 aromatic rings. The zero-order valence-corrected chi connectivity index (χ0v) is 11.4. The lowest BCUT2D eigenvalue weighted by molar-refractivity contribution is 1.01. The summed E-state index contributed by atoms with van der Waals surface area (Å²) in [6.45, 7) is 4.36. The lowest BCUT2D eigenvalue weighted by Crippen LogP contribution is -1.97. The Balaban J connectivity index is 1.90. The highest BCUT2D eigenvalue weighted by Crippen LogP contribution is 2.35. The van der Waals surface area contributed by atoms with Crippen LogP contribution in [0.2, 0.25) is 0 Å². The van der Waals surface area contributed by atoms with E-state index >= 15 is 0 Å². The Morgan fingerprint density at radius 3 is 2.53 bits per heavy atom. The first-order valence-corrected chi connectivity index (χ1v) is 6.77. The van der Waals surface area contributed by atoms with Crippen molar-refractivity contribution in [3.63, 3.8) is 0 Å². The van der Waals surface area contributed by atoms with Crippen molar-refractivity contribution in [2.24, 2.45) is 5.92 Å². The van der Waals surface area contributed by atoms with E-state index in [1.54, 1.807) is 0 Å². The molecular formula is C19H18. The maximum Gasteiger partial charge on any atom is 0.0216 e. The van der Waals surface area contributed by atoms with Crippen LogP contribution in [0.25, 0.3) is 5.57 Å². The molecule has 0 heterocycles. The van der Waals surface area contributed by atoms with E-state index in [9.17, 15) is 0 Å². The molecule has 1 unspecified atom stereocenters. The molecule has 94 valence electrons. The van der Waals surface area contributed by atoms with Gasteiger partial charge in [0.2, 0.25) is 0 Å². The van der Waals surface area contributed by atoms with Gasteiger partial charge < -0.3 is 0 Å². The van der Waals surface area contributed by atoms with E-state index in [4.69, 9.17) is 0 Å². The smallest absolute Gasteiger partial charge is 0.0216 e. The zero-order valence-electron chi connectivity index (χ0n) is 11.4. The van der Waals surface area contributed by atoms with Gasteiger partial charge in [0.05, 0.1) is 0 Å². The van der Waals surface area contributed by atoms with Crippen molar-refractivity contribution in [2.45, 2.75) is 13.8 Å². The van der Waals surface area contributed by atoms with Crippen LogP contribution in [0.1, 0.15) is 19.4 Å². The minimum Gasteiger partial charge on any atom is -0.0726 e. The predicted octanol–water partition coefficient (Wildman–Crippen LogP) is 5.09. The van der Waals surface area contributed by atoms with Crippen molar-refractivity contribution in [2.75, 3.05) is 0 Å². The van der Waals surface area contributed by atoms with Crippen molar-refractivity contribution in [1.29, 1.82) is 0 Å². The summed E-state index contributed by atoms with van der Waals surface area (Å²) in [5.74, 6) is 0.412. The highest BCUT2D eigenvalue weighted by atomic mass is 14.2. The molecule has 2 aliphatic carbocycles. The first kappa shape index (κ1) is 12.0. The fourth-order valence-corrected chi connectivity index (χ4v) is 2.71. The van der Waals surface area contributed by atoms with E-state index in [1.165, 1.54) is 27.9 Å². The summed E-state index contributed by atoms with van der Waals surface area (Å²) in [5.41, 5.74) is 6.82. The second-order valence-electron chi connectivity index (χ2n) is 5.27. The number of benzene rings is 1. The van der Waals surface area contributed by atoms with Crippen LogP contribution in [-0.2, 0) is 0 Å². The molecule has 0 aromatic heterocycles. The highest BCUT2D eigenvalue weighted by molar-refractivity contribution is 5.78. The molecule has 0 nitrogen and oxygen atoms in total. The van der Waals surface area contributed by atoms with Crippen LogP contribution in [0.5, 0.6) is 0 Å². The van der Waals surface area contributed by atoms with Crippen LogP contribution in [0.15, 0.2) is 83.5 Å². The van der Waals surface area contributed by atoms with E-state index in [-0.39, 0.29) is 0 Å². The molecule has 0 radical (unpaired) electrons. The molecule has 2 aliphatic rings. The van der Waals surface area contributed by atoms with Gasteiger partial charge in [-0.05, 0) is 36.1 Å². The fourth-order valence-electron chi connectivity index (χ4n) is 2.71. The Labute approximate surface area is 115 Å². The van der Waals surface area contributed by atoms with Crippen LogP contribution in [0.4, 0.5) is 0 Å². The molecule has 0 fully saturated rings. The number of rotatable bonds is 2. The van der Waals surface area contributed by atoms with Crippen molar-refractivity contribution >= 4 is 5.57 Å². The third kappa shape index (κ3) is 2.26. The maximum atomic E-state index is 2.36. The third-order valence-corrected chi connectivity index (χ3v) is 3.70. The van der Waals surface area contributed by atoms with Crippen molar-refractivity contribution < 1.29 is 0 Å². The molecule has 0 heteroatoms. The van der Waals surface area contributed by atoms with Crippen LogP contribution in [0.3, 0.4) is 0 Å². The molecule has 1 atom stereocenters.